The monoisotopic (exact) mass is 300 g/mol. The zero-order valence-electron chi connectivity index (χ0n) is 12.0. The molecule has 0 saturated carbocycles. The molecule has 3 N–H and O–H groups in total. The van der Waals surface area contributed by atoms with Crippen LogP contribution in [-0.4, -0.2) is 31.3 Å². The van der Waals surface area contributed by atoms with Crippen molar-refractivity contribution in [3.63, 3.8) is 0 Å². The van der Waals surface area contributed by atoms with Crippen molar-refractivity contribution >= 4 is 28.9 Å². The number of anilines is 2. The Morgan fingerprint density at radius 2 is 2.05 bits per heavy atom. The molecule has 1 amide bonds. The van der Waals surface area contributed by atoms with E-state index in [2.05, 4.69) is 5.32 Å². The van der Waals surface area contributed by atoms with E-state index in [-0.39, 0.29) is 18.1 Å². The van der Waals surface area contributed by atoms with Crippen molar-refractivity contribution in [1.82, 2.24) is 0 Å². The molecule has 0 saturated heterocycles. The van der Waals surface area contributed by atoms with E-state index in [9.17, 15) is 4.79 Å². The third-order valence-corrected chi connectivity index (χ3v) is 2.62. The summed E-state index contributed by atoms with van der Waals surface area (Å²) in [7, 11) is 0. The molecular weight excluding hydrogens is 280 g/mol. The van der Waals surface area contributed by atoms with Gasteiger partial charge in [-0.2, -0.15) is 0 Å². The molecule has 0 bridgehead atoms. The van der Waals surface area contributed by atoms with Crippen molar-refractivity contribution in [2.24, 2.45) is 0 Å². The first-order valence-corrected chi connectivity index (χ1v) is 6.72. The van der Waals surface area contributed by atoms with Gasteiger partial charge in [-0.15, -0.1) is 0 Å². The Balaban J connectivity index is 2.25. The van der Waals surface area contributed by atoms with Crippen molar-refractivity contribution in [2.75, 3.05) is 30.9 Å². The first-order chi connectivity index (χ1) is 9.28. The van der Waals surface area contributed by atoms with Crippen LogP contribution < -0.4 is 11.1 Å². The molecule has 5 nitrogen and oxygen atoms in total. The SMILES string of the molecule is CC(C)(C)OCCOCC(=O)Nc1ccc(Cl)c(N)c1. The molecule has 0 spiro atoms. The van der Waals surface area contributed by atoms with Gasteiger partial charge in [0.15, 0.2) is 0 Å². The molecule has 20 heavy (non-hydrogen) atoms. The standard InChI is InChI=1S/C14H21ClN2O3/c1-14(2,3)20-7-6-19-9-13(18)17-10-4-5-11(15)12(16)8-10/h4-5,8H,6-7,9,16H2,1-3H3,(H,17,18). The summed E-state index contributed by atoms with van der Waals surface area (Å²) in [5, 5.41) is 3.13. The molecule has 0 aliphatic heterocycles. The van der Waals surface area contributed by atoms with E-state index < -0.39 is 0 Å². The lowest BCUT2D eigenvalue weighted by atomic mass is 10.2. The lowest BCUT2D eigenvalue weighted by Crippen LogP contribution is -2.24. The Kier molecular flexibility index (Phi) is 6.26. The third-order valence-electron chi connectivity index (χ3n) is 2.28. The summed E-state index contributed by atoms with van der Waals surface area (Å²) in [5.74, 6) is -0.248. The van der Waals surface area contributed by atoms with Crippen molar-refractivity contribution < 1.29 is 14.3 Å². The average molecular weight is 301 g/mol. The van der Waals surface area contributed by atoms with Gasteiger partial charge in [-0.25, -0.2) is 0 Å². The second kappa shape index (κ2) is 7.47. The number of carbonyl (C=O) groups is 1. The number of ether oxygens (including phenoxy) is 2. The number of carbonyl (C=O) groups excluding carboxylic acids is 1. The highest BCUT2D eigenvalue weighted by atomic mass is 35.5. The highest BCUT2D eigenvalue weighted by molar-refractivity contribution is 6.33. The van der Waals surface area contributed by atoms with Crippen molar-refractivity contribution in [1.29, 1.82) is 0 Å². The second-order valence-electron chi connectivity index (χ2n) is 5.30. The third kappa shape index (κ3) is 6.75. The Labute approximate surface area is 124 Å². The van der Waals surface area contributed by atoms with Crippen LogP contribution in [0.5, 0.6) is 0 Å². The van der Waals surface area contributed by atoms with Gasteiger partial charge in [-0.1, -0.05) is 11.6 Å². The first kappa shape index (κ1) is 16.8. The molecule has 0 aromatic heterocycles. The first-order valence-electron chi connectivity index (χ1n) is 6.34. The van der Waals surface area contributed by atoms with Crippen molar-refractivity contribution in [3.05, 3.63) is 23.2 Å². The number of nitrogen functional groups attached to an aromatic ring is 1. The molecule has 112 valence electrons. The second-order valence-corrected chi connectivity index (χ2v) is 5.71. The number of amides is 1. The summed E-state index contributed by atoms with van der Waals surface area (Å²) in [6, 6.07) is 4.91. The highest BCUT2D eigenvalue weighted by Gasteiger charge is 2.09. The fraction of sp³-hybridized carbons (Fsp3) is 0.500. The fourth-order valence-corrected chi connectivity index (χ4v) is 1.51. The number of nitrogens with one attached hydrogen (secondary N) is 1. The van der Waals surface area contributed by atoms with Crippen LogP contribution in [0.1, 0.15) is 20.8 Å². The summed E-state index contributed by atoms with van der Waals surface area (Å²) in [5.41, 5.74) is 6.45. The van der Waals surface area contributed by atoms with Crippen molar-refractivity contribution in [3.8, 4) is 0 Å². The Morgan fingerprint density at radius 3 is 2.65 bits per heavy atom. The van der Waals surface area contributed by atoms with Gasteiger partial charge in [0.2, 0.25) is 5.91 Å². The summed E-state index contributed by atoms with van der Waals surface area (Å²) in [4.78, 5) is 11.6. The molecule has 0 radical (unpaired) electrons. The van der Waals surface area contributed by atoms with Gasteiger partial charge in [0, 0.05) is 5.69 Å². The summed E-state index contributed by atoms with van der Waals surface area (Å²) >= 11 is 5.80. The topological polar surface area (TPSA) is 73.6 Å². The summed E-state index contributed by atoms with van der Waals surface area (Å²) in [6.45, 7) is 6.67. The van der Waals surface area contributed by atoms with Crippen LogP contribution in [-0.2, 0) is 14.3 Å². The van der Waals surface area contributed by atoms with Gasteiger partial charge >= 0.3 is 0 Å². The maximum atomic E-state index is 11.6. The average Bonchev–Trinajstić information content (AvgIpc) is 2.32. The lowest BCUT2D eigenvalue weighted by Gasteiger charge is -2.19. The molecule has 0 unspecified atom stereocenters. The van der Waals surface area contributed by atoms with E-state index in [0.29, 0.717) is 29.6 Å². The van der Waals surface area contributed by atoms with Gasteiger partial charge in [-0.3, -0.25) is 4.79 Å². The highest BCUT2D eigenvalue weighted by Crippen LogP contribution is 2.22. The van der Waals surface area contributed by atoms with E-state index in [4.69, 9.17) is 26.8 Å². The predicted octanol–water partition coefficient (Wildman–Crippen LogP) is 2.69. The van der Waals surface area contributed by atoms with E-state index in [0.717, 1.165) is 0 Å². The number of benzene rings is 1. The Morgan fingerprint density at radius 1 is 1.35 bits per heavy atom. The Hall–Kier alpha value is -1.30. The van der Waals surface area contributed by atoms with Crippen LogP contribution >= 0.6 is 11.6 Å². The van der Waals surface area contributed by atoms with Gasteiger partial charge in [0.05, 0.1) is 29.5 Å². The normalized spacial score (nSPS) is 11.4. The fourth-order valence-electron chi connectivity index (χ4n) is 1.39. The molecule has 1 aromatic rings. The Bertz CT molecular complexity index is 458. The van der Waals surface area contributed by atoms with Crippen LogP contribution in [0.2, 0.25) is 5.02 Å². The van der Waals surface area contributed by atoms with Gasteiger partial charge in [0.25, 0.3) is 0 Å². The van der Waals surface area contributed by atoms with Gasteiger partial charge < -0.3 is 20.5 Å². The number of nitrogens with two attached hydrogens (primary N) is 1. The minimum atomic E-state index is -0.248. The molecule has 1 rings (SSSR count). The van der Waals surface area contributed by atoms with Crippen LogP contribution in [0.3, 0.4) is 0 Å². The molecular formula is C14H21ClN2O3. The summed E-state index contributed by atoms with van der Waals surface area (Å²) in [6.07, 6.45) is 0. The summed E-state index contributed by atoms with van der Waals surface area (Å²) < 4.78 is 10.7. The quantitative estimate of drug-likeness (QED) is 0.626. The van der Waals surface area contributed by atoms with Gasteiger partial charge in [-0.05, 0) is 39.0 Å². The van der Waals surface area contributed by atoms with Gasteiger partial charge in [0.1, 0.15) is 6.61 Å². The molecule has 0 aliphatic carbocycles. The molecule has 0 heterocycles. The van der Waals surface area contributed by atoms with E-state index in [1.165, 1.54) is 0 Å². The molecule has 1 aromatic carbocycles. The molecule has 0 aliphatic rings. The number of rotatable bonds is 6. The minimum Gasteiger partial charge on any atom is -0.397 e. The van der Waals surface area contributed by atoms with E-state index >= 15 is 0 Å². The van der Waals surface area contributed by atoms with Crippen LogP contribution in [0.25, 0.3) is 0 Å². The largest absolute Gasteiger partial charge is 0.397 e. The van der Waals surface area contributed by atoms with Crippen LogP contribution in [0.4, 0.5) is 11.4 Å². The zero-order chi connectivity index (χ0) is 15.2. The molecule has 6 heteroatoms. The van der Waals surface area contributed by atoms with Crippen molar-refractivity contribution in [2.45, 2.75) is 26.4 Å². The minimum absolute atomic E-state index is 0.0317. The smallest absolute Gasteiger partial charge is 0.250 e. The van der Waals surface area contributed by atoms with E-state index in [1.807, 2.05) is 20.8 Å². The molecule has 0 atom stereocenters. The predicted molar refractivity (Wildman–Crippen MR) is 81.0 cm³/mol. The number of halogens is 1. The van der Waals surface area contributed by atoms with Crippen LogP contribution in [0, 0.1) is 0 Å². The number of hydrogen-bond acceptors (Lipinski definition) is 4. The lowest BCUT2D eigenvalue weighted by molar-refractivity contribution is -0.121. The molecule has 0 fully saturated rings. The maximum Gasteiger partial charge on any atom is 0.250 e. The number of hydrogen-bond donors (Lipinski definition) is 2. The van der Waals surface area contributed by atoms with E-state index in [1.54, 1.807) is 18.2 Å². The zero-order valence-corrected chi connectivity index (χ0v) is 12.8. The maximum absolute atomic E-state index is 11.6. The van der Waals surface area contributed by atoms with Crippen LogP contribution in [0.15, 0.2) is 18.2 Å².